The first-order chi connectivity index (χ1) is 18.9. The molecule has 3 heterocycles. The number of oxazole rings is 1. The molecule has 4 aromatic rings. The lowest BCUT2D eigenvalue weighted by Crippen LogP contribution is -2.45. The smallest absolute Gasteiger partial charge is 0.306 e. The van der Waals surface area contributed by atoms with Gasteiger partial charge in [0.05, 0.1) is 23.1 Å². The maximum Gasteiger partial charge on any atom is 0.306 e. The number of likely N-dealkylation sites (tertiary alicyclic amines) is 1. The number of rotatable bonds is 8. The van der Waals surface area contributed by atoms with Crippen molar-refractivity contribution in [3.63, 3.8) is 0 Å². The standard InChI is InChI=1S/C30H32FN3O5/c1-33-17-23(22-10-7-20(31)16-25(22)33)28-32-24-11-4-18(15-27(24)39-28)14-26(35)29(34-12-2-3-13-34)38-21-8-5-19(6-9-21)30(36)37/h4,7,10-11,15-17,19,21,29H,2-3,5-6,8-9,12-14H2,1H3,(H,36,37). The van der Waals surface area contributed by atoms with Crippen LogP contribution in [0.5, 0.6) is 0 Å². The molecule has 1 aliphatic heterocycles. The molecule has 1 saturated carbocycles. The number of nitrogens with zero attached hydrogens (tertiary/aromatic N) is 3. The summed E-state index contributed by atoms with van der Waals surface area (Å²) in [5, 5.41) is 10.2. The number of aryl methyl sites for hydroxylation is 1. The number of carboxylic acid groups (broad SMARTS) is 1. The van der Waals surface area contributed by atoms with Crippen molar-refractivity contribution >= 4 is 33.8 Å². The summed E-state index contributed by atoms with van der Waals surface area (Å²) < 4.78 is 28.1. The number of aliphatic carboxylic acids is 1. The number of benzene rings is 2. The van der Waals surface area contributed by atoms with Gasteiger partial charge in [-0.2, -0.15) is 0 Å². The number of carbonyl (C=O) groups is 2. The van der Waals surface area contributed by atoms with Crippen molar-refractivity contribution in [2.75, 3.05) is 13.1 Å². The van der Waals surface area contributed by atoms with Crippen molar-refractivity contribution in [1.29, 1.82) is 0 Å². The molecule has 2 aliphatic rings. The highest BCUT2D eigenvalue weighted by Gasteiger charge is 2.34. The zero-order valence-electron chi connectivity index (χ0n) is 21.9. The van der Waals surface area contributed by atoms with E-state index >= 15 is 0 Å². The normalized spacial score (nSPS) is 21.1. The van der Waals surface area contributed by atoms with Crippen LogP contribution in [0, 0.1) is 11.7 Å². The van der Waals surface area contributed by atoms with Gasteiger partial charge in [0.1, 0.15) is 11.3 Å². The van der Waals surface area contributed by atoms with Gasteiger partial charge in [-0.05, 0) is 74.4 Å². The van der Waals surface area contributed by atoms with Crippen LogP contribution in [0.3, 0.4) is 0 Å². The number of aromatic nitrogens is 2. The van der Waals surface area contributed by atoms with E-state index in [1.807, 2.05) is 36.0 Å². The lowest BCUT2D eigenvalue weighted by atomic mass is 9.87. The summed E-state index contributed by atoms with van der Waals surface area (Å²) in [5.74, 6) is -0.931. The second kappa shape index (κ2) is 10.5. The van der Waals surface area contributed by atoms with E-state index in [-0.39, 0.29) is 30.0 Å². The van der Waals surface area contributed by atoms with E-state index in [1.54, 1.807) is 6.07 Å². The molecule has 2 aromatic heterocycles. The van der Waals surface area contributed by atoms with Gasteiger partial charge in [0, 0.05) is 38.1 Å². The fraction of sp³-hybridized carbons (Fsp3) is 0.433. The molecular formula is C30H32FN3O5. The predicted molar refractivity (Wildman–Crippen MR) is 144 cm³/mol. The van der Waals surface area contributed by atoms with Crippen LogP contribution < -0.4 is 0 Å². The molecule has 1 unspecified atom stereocenters. The maximum atomic E-state index is 13.8. The number of Topliss-reactive ketones (excluding diaryl/α,β-unsaturated/α-hetero) is 1. The molecule has 2 aromatic carbocycles. The van der Waals surface area contributed by atoms with Gasteiger partial charge in [0.2, 0.25) is 5.89 Å². The number of carbonyl (C=O) groups excluding carboxylic acids is 1. The first-order valence-corrected chi connectivity index (χ1v) is 13.6. The molecule has 0 spiro atoms. The first-order valence-electron chi connectivity index (χ1n) is 13.6. The lowest BCUT2D eigenvalue weighted by Gasteiger charge is -2.33. The maximum absolute atomic E-state index is 13.8. The Morgan fingerprint density at radius 3 is 2.64 bits per heavy atom. The Balaban J connectivity index is 1.20. The Bertz CT molecular complexity index is 1530. The van der Waals surface area contributed by atoms with Gasteiger partial charge in [0.15, 0.2) is 17.6 Å². The van der Waals surface area contributed by atoms with Crippen molar-refractivity contribution in [3.8, 4) is 11.5 Å². The number of carboxylic acids is 1. The minimum atomic E-state index is -0.749. The average Bonchev–Trinajstić information content (AvgIpc) is 3.66. The van der Waals surface area contributed by atoms with E-state index in [0.29, 0.717) is 42.7 Å². The molecule has 204 valence electrons. The highest BCUT2D eigenvalue weighted by Crippen LogP contribution is 2.33. The molecule has 1 saturated heterocycles. The molecule has 9 heteroatoms. The first kappa shape index (κ1) is 25.7. The van der Waals surface area contributed by atoms with E-state index < -0.39 is 12.2 Å². The Labute approximate surface area is 225 Å². The molecule has 1 atom stereocenters. The third-order valence-electron chi connectivity index (χ3n) is 8.11. The monoisotopic (exact) mass is 533 g/mol. The molecular weight excluding hydrogens is 501 g/mol. The minimum Gasteiger partial charge on any atom is -0.481 e. The second-order valence-electron chi connectivity index (χ2n) is 10.8. The average molecular weight is 534 g/mol. The van der Waals surface area contributed by atoms with Crippen LogP contribution in [0.1, 0.15) is 44.1 Å². The fourth-order valence-electron chi connectivity index (χ4n) is 5.98. The molecule has 2 fully saturated rings. The largest absolute Gasteiger partial charge is 0.481 e. The fourth-order valence-corrected chi connectivity index (χ4v) is 5.98. The summed E-state index contributed by atoms with van der Waals surface area (Å²) >= 11 is 0. The molecule has 0 amide bonds. The third-order valence-corrected chi connectivity index (χ3v) is 8.11. The van der Waals surface area contributed by atoms with Gasteiger partial charge in [-0.15, -0.1) is 0 Å². The van der Waals surface area contributed by atoms with Gasteiger partial charge in [-0.25, -0.2) is 9.37 Å². The SMILES string of the molecule is Cn1cc(-c2nc3ccc(CC(=O)C(OC4CCC(C(=O)O)CC4)N4CCCC4)cc3o2)c2ccc(F)cc21. The summed E-state index contributed by atoms with van der Waals surface area (Å²) in [5.41, 5.74) is 3.62. The zero-order valence-corrected chi connectivity index (χ0v) is 21.9. The molecule has 8 nitrogen and oxygen atoms in total. The number of hydrogen-bond donors (Lipinski definition) is 1. The highest BCUT2D eigenvalue weighted by atomic mass is 19.1. The summed E-state index contributed by atoms with van der Waals surface area (Å²) in [7, 11) is 1.86. The zero-order chi connectivity index (χ0) is 27.1. The lowest BCUT2D eigenvalue weighted by molar-refractivity contribution is -0.156. The molecule has 39 heavy (non-hydrogen) atoms. The van der Waals surface area contributed by atoms with Crippen molar-refractivity contribution in [1.82, 2.24) is 14.5 Å². The van der Waals surface area contributed by atoms with Crippen molar-refractivity contribution < 1.29 is 28.2 Å². The van der Waals surface area contributed by atoms with E-state index in [2.05, 4.69) is 9.88 Å². The van der Waals surface area contributed by atoms with E-state index in [4.69, 9.17) is 9.15 Å². The number of halogens is 1. The Kier molecular flexibility index (Phi) is 6.95. The second-order valence-corrected chi connectivity index (χ2v) is 10.8. The van der Waals surface area contributed by atoms with E-state index in [0.717, 1.165) is 48.0 Å². The van der Waals surface area contributed by atoms with Gasteiger partial charge in [-0.3, -0.25) is 14.5 Å². The van der Waals surface area contributed by atoms with Crippen LogP contribution in [0.4, 0.5) is 4.39 Å². The predicted octanol–water partition coefficient (Wildman–Crippen LogP) is 5.32. The highest BCUT2D eigenvalue weighted by molar-refractivity contribution is 5.95. The number of ether oxygens (including phenoxy) is 1. The van der Waals surface area contributed by atoms with Crippen LogP contribution in [0.2, 0.25) is 0 Å². The molecule has 0 radical (unpaired) electrons. The summed E-state index contributed by atoms with van der Waals surface area (Å²) in [6.45, 7) is 1.64. The van der Waals surface area contributed by atoms with E-state index in [9.17, 15) is 19.1 Å². The van der Waals surface area contributed by atoms with Crippen molar-refractivity contribution in [2.45, 2.75) is 57.3 Å². The number of hydrogen-bond acceptors (Lipinski definition) is 6. The minimum absolute atomic E-state index is 0.00701. The Hall–Kier alpha value is -3.56. The number of fused-ring (bicyclic) bond motifs is 2. The summed E-state index contributed by atoms with van der Waals surface area (Å²) in [6.07, 6.45) is 5.88. The topological polar surface area (TPSA) is 97.8 Å². The van der Waals surface area contributed by atoms with Gasteiger partial charge < -0.3 is 18.8 Å². The quantitative estimate of drug-likeness (QED) is 0.327. The molecule has 0 bridgehead atoms. The van der Waals surface area contributed by atoms with Crippen molar-refractivity contribution in [3.05, 3.63) is 54.0 Å². The van der Waals surface area contributed by atoms with Gasteiger partial charge >= 0.3 is 5.97 Å². The van der Waals surface area contributed by atoms with Crippen LogP contribution >= 0.6 is 0 Å². The Morgan fingerprint density at radius 2 is 1.90 bits per heavy atom. The van der Waals surface area contributed by atoms with Crippen molar-refractivity contribution in [2.24, 2.45) is 13.0 Å². The third kappa shape index (κ3) is 5.21. The van der Waals surface area contributed by atoms with Crippen LogP contribution in [0.25, 0.3) is 33.5 Å². The molecule has 1 N–H and O–H groups in total. The van der Waals surface area contributed by atoms with Gasteiger partial charge in [-0.1, -0.05) is 6.07 Å². The Morgan fingerprint density at radius 1 is 1.13 bits per heavy atom. The van der Waals surface area contributed by atoms with Crippen LogP contribution in [-0.2, 0) is 27.8 Å². The molecule has 1 aliphatic carbocycles. The molecule has 6 rings (SSSR count). The summed E-state index contributed by atoms with van der Waals surface area (Å²) in [4.78, 5) is 31.6. The van der Waals surface area contributed by atoms with Crippen LogP contribution in [-0.4, -0.2) is 56.7 Å². The van der Waals surface area contributed by atoms with E-state index in [1.165, 1.54) is 12.1 Å². The number of ketones is 1. The van der Waals surface area contributed by atoms with Gasteiger partial charge in [0.25, 0.3) is 0 Å². The van der Waals surface area contributed by atoms with Crippen LogP contribution in [0.15, 0.2) is 47.0 Å². The summed E-state index contributed by atoms with van der Waals surface area (Å²) in [6, 6.07) is 10.2.